The van der Waals surface area contributed by atoms with E-state index in [4.69, 9.17) is 5.84 Å². The van der Waals surface area contributed by atoms with Crippen molar-refractivity contribution in [2.24, 2.45) is 5.84 Å². The quantitative estimate of drug-likeness (QED) is 0.668. The standard InChI is InChI=1S/C16H18BrN3/c17-14-6-7-15(19-10-14)16(20-18)9-11-4-5-12-2-1-3-13(12)8-11/h4-8,10,16,20H,1-3,9,18H2. The second kappa shape index (κ2) is 6.04. The molecule has 0 saturated heterocycles. The Morgan fingerprint density at radius 3 is 2.80 bits per heavy atom. The van der Waals surface area contributed by atoms with E-state index in [0.717, 1.165) is 16.6 Å². The molecule has 0 spiro atoms. The van der Waals surface area contributed by atoms with Gasteiger partial charge >= 0.3 is 0 Å². The zero-order valence-corrected chi connectivity index (χ0v) is 12.9. The molecule has 3 rings (SSSR count). The Balaban J connectivity index is 1.79. The number of aryl methyl sites for hydroxylation is 2. The molecule has 1 heterocycles. The lowest BCUT2D eigenvalue weighted by molar-refractivity contribution is 0.538. The molecule has 3 N–H and O–H groups in total. The van der Waals surface area contributed by atoms with Gasteiger partial charge in [-0.05, 0) is 70.4 Å². The van der Waals surface area contributed by atoms with Crippen molar-refractivity contribution in [2.75, 3.05) is 0 Å². The predicted molar refractivity (Wildman–Crippen MR) is 84.2 cm³/mol. The summed E-state index contributed by atoms with van der Waals surface area (Å²) in [5.74, 6) is 5.70. The van der Waals surface area contributed by atoms with Gasteiger partial charge in [0.05, 0.1) is 11.7 Å². The van der Waals surface area contributed by atoms with Gasteiger partial charge in [-0.15, -0.1) is 0 Å². The summed E-state index contributed by atoms with van der Waals surface area (Å²) in [6, 6.07) is 10.8. The van der Waals surface area contributed by atoms with Crippen molar-refractivity contribution >= 4 is 15.9 Å². The molecule has 1 atom stereocenters. The highest BCUT2D eigenvalue weighted by molar-refractivity contribution is 9.10. The molecule has 2 aromatic rings. The van der Waals surface area contributed by atoms with Crippen LogP contribution in [0.5, 0.6) is 0 Å². The summed E-state index contributed by atoms with van der Waals surface area (Å²) in [5, 5.41) is 0. The fraction of sp³-hybridized carbons (Fsp3) is 0.312. The third kappa shape index (κ3) is 2.92. The molecule has 1 aromatic carbocycles. The molecule has 104 valence electrons. The van der Waals surface area contributed by atoms with Crippen LogP contribution in [-0.4, -0.2) is 4.98 Å². The fourth-order valence-electron chi connectivity index (χ4n) is 2.83. The van der Waals surface area contributed by atoms with Crippen LogP contribution in [0, 0.1) is 0 Å². The van der Waals surface area contributed by atoms with Crippen molar-refractivity contribution in [2.45, 2.75) is 31.7 Å². The molecule has 1 aromatic heterocycles. The fourth-order valence-corrected chi connectivity index (χ4v) is 3.06. The number of nitrogens with zero attached hydrogens (tertiary/aromatic N) is 1. The van der Waals surface area contributed by atoms with Gasteiger partial charge in [-0.25, -0.2) is 0 Å². The smallest absolute Gasteiger partial charge is 0.0672 e. The number of pyridine rings is 1. The molecule has 0 amide bonds. The van der Waals surface area contributed by atoms with Crippen LogP contribution in [0.4, 0.5) is 0 Å². The summed E-state index contributed by atoms with van der Waals surface area (Å²) in [4.78, 5) is 4.43. The van der Waals surface area contributed by atoms with Crippen molar-refractivity contribution in [3.8, 4) is 0 Å². The van der Waals surface area contributed by atoms with Gasteiger partial charge in [0.15, 0.2) is 0 Å². The first-order chi connectivity index (χ1) is 9.76. The number of halogens is 1. The number of hydrazine groups is 1. The van der Waals surface area contributed by atoms with Crippen LogP contribution in [0.25, 0.3) is 0 Å². The minimum absolute atomic E-state index is 0.0440. The lowest BCUT2D eigenvalue weighted by Crippen LogP contribution is -2.30. The lowest BCUT2D eigenvalue weighted by atomic mass is 9.99. The van der Waals surface area contributed by atoms with E-state index in [1.807, 2.05) is 18.3 Å². The molecule has 3 nitrogen and oxygen atoms in total. The Morgan fingerprint density at radius 2 is 2.05 bits per heavy atom. The van der Waals surface area contributed by atoms with Crippen LogP contribution < -0.4 is 11.3 Å². The van der Waals surface area contributed by atoms with Gasteiger partial charge in [0.25, 0.3) is 0 Å². The van der Waals surface area contributed by atoms with Crippen LogP contribution in [0.1, 0.15) is 34.8 Å². The second-order valence-corrected chi connectivity index (χ2v) is 6.20. The third-order valence-electron chi connectivity index (χ3n) is 3.91. The Labute approximate surface area is 127 Å². The predicted octanol–water partition coefficient (Wildman–Crippen LogP) is 3.08. The Hall–Kier alpha value is -1.23. The zero-order valence-electron chi connectivity index (χ0n) is 11.3. The van der Waals surface area contributed by atoms with Gasteiger partial charge < -0.3 is 0 Å². The van der Waals surface area contributed by atoms with E-state index >= 15 is 0 Å². The van der Waals surface area contributed by atoms with E-state index in [0.29, 0.717) is 0 Å². The summed E-state index contributed by atoms with van der Waals surface area (Å²) in [6.45, 7) is 0. The summed E-state index contributed by atoms with van der Waals surface area (Å²) < 4.78 is 0.981. The normalized spacial score (nSPS) is 15.1. The molecule has 0 radical (unpaired) electrons. The molecular weight excluding hydrogens is 314 g/mol. The van der Waals surface area contributed by atoms with Gasteiger partial charge in [-0.2, -0.15) is 0 Å². The molecule has 1 unspecified atom stereocenters. The molecule has 0 fully saturated rings. The minimum atomic E-state index is 0.0440. The second-order valence-electron chi connectivity index (χ2n) is 5.28. The molecule has 1 aliphatic carbocycles. The number of aromatic nitrogens is 1. The average Bonchev–Trinajstić information content (AvgIpc) is 2.93. The van der Waals surface area contributed by atoms with Crippen molar-refractivity contribution in [1.82, 2.24) is 10.4 Å². The van der Waals surface area contributed by atoms with Gasteiger partial charge in [-0.1, -0.05) is 18.2 Å². The van der Waals surface area contributed by atoms with Gasteiger partial charge in [-0.3, -0.25) is 16.3 Å². The molecular formula is C16H18BrN3. The van der Waals surface area contributed by atoms with Crippen molar-refractivity contribution in [3.63, 3.8) is 0 Å². The highest BCUT2D eigenvalue weighted by Crippen LogP contribution is 2.25. The van der Waals surface area contributed by atoms with E-state index in [-0.39, 0.29) is 6.04 Å². The first kappa shape index (κ1) is 13.7. The summed E-state index contributed by atoms with van der Waals surface area (Å²) in [5.41, 5.74) is 8.17. The summed E-state index contributed by atoms with van der Waals surface area (Å²) >= 11 is 3.40. The van der Waals surface area contributed by atoms with E-state index in [1.54, 1.807) is 0 Å². The van der Waals surface area contributed by atoms with Crippen LogP contribution in [0.3, 0.4) is 0 Å². The van der Waals surface area contributed by atoms with Crippen LogP contribution in [0.15, 0.2) is 41.0 Å². The molecule has 1 aliphatic rings. The summed E-state index contributed by atoms with van der Waals surface area (Å²) in [6.07, 6.45) is 6.38. The zero-order chi connectivity index (χ0) is 13.9. The molecule has 0 aliphatic heterocycles. The third-order valence-corrected chi connectivity index (χ3v) is 4.38. The number of hydrogen-bond donors (Lipinski definition) is 2. The maximum Gasteiger partial charge on any atom is 0.0672 e. The van der Waals surface area contributed by atoms with Crippen LogP contribution >= 0.6 is 15.9 Å². The van der Waals surface area contributed by atoms with Crippen LogP contribution in [-0.2, 0) is 19.3 Å². The largest absolute Gasteiger partial charge is 0.271 e. The molecule has 0 bridgehead atoms. The van der Waals surface area contributed by atoms with Crippen LogP contribution in [0.2, 0.25) is 0 Å². The monoisotopic (exact) mass is 331 g/mol. The van der Waals surface area contributed by atoms with E-state index in [9.17, 15) is 0 Å². The van der Waals surface area contributed by atoms with E-state index < -0.39 is 0 Å². The van der Waals surface area contributed by atoms with Crippen molar-refractivity contribution in [3.05, 3.63) is 63.4 Å². The number of fused-ring (bicyclic) bond motifs is 1. The SMILES string of the molecule is NNC(Cc1ccc2c(c1)CCC2)c1ccc(Br)cn1. The highest BCUT2D eigenvalue weighted by Gasteiger charge is 2.15. The number of nitrogens with one attached hydrogen (secondary N) is 1. The van der Waals surface area contributed by atoms with E-state index in [1.165, 1.54) is 36.0 Å². The number of benzene rings is 1. The number of rotatable bonds is 4. The van der Waals surface area contributed by atoms with E-state index in [2.05, 4.69) is 44.5 Å². The van der Waals surface area contributed by atoms with Gasteiger partial charge in [0.1, 0.15) is 0 Å². The molecule has 4 heteroatoms. The van der Waals surface area contributed by atoms with Crippen molar-refractivity contribution < 1.29 is 0 Å². The first-order valence-corrected chi connectivity index (χ1v) is 7.74. The topological polar surface area (TPSA) is 50.9 Å². The Morgan fingerprint density at radius 1 is 1.20 bits per heavy atom. The molecule has 20 heavy (non-hydrogen) atoms. The maximum absolute atomic E-state index is 5.70. The lowest BCUT2D eigenvalue weighted by Gasteiger charge is -2.16. The average molecular weight is 332 g/mol. The summed E-state index contributed by atoms with van der Waals surface area (Å²) in [7, 11) is 0. The van der Waals surface area contributed by atoms with Gasteiger partial charge in [0, 0.05) is 10.7 Å². The maximum atomic E-state index is 5.70. The Bertz CT molecular complexity index is 595. The van der Waals surface area contributed by atoms with Gasteiger partial charge in [0.2, 0.25) is 0 Å². The molecule has 0 saturated carbocycles. The first-order valence-electron chi connectivity index (χ1n) is 6.94. The highest BCUT2D eigenvalue weighted by atomic mass is 79.9. The van der Waals surface area contributed by atoms with Crippen molar-refractivity contribution in [1.29, 1.82) is 0 Å². The minimum Gasteiger partial charge on any atom is -0.271 e. The Kier molecular flexibility index (Phi) is 4.15. The number of nitrogens with two attached hydrogens (primary N) is 1. The number of hydrogen-bond acceptors (Lipinski definition) is 3.